The van der Waals surface area contributed by atoms with Crippen LogP contribution < -0.4 is 10.3 Å². The van der Waals surface area contributed by atoms with E-state index in [0.29, 0.717) is 30.1 Å². The summed E-state index contributed by atoms with van der Waals surface area (Å²) in [6, 6.07) is 7.56. The topological polar surface area (TPSA) is 80.8 Å². The Morgan fingerprint density at radius 2 is 2.12 bits per heavy atom. The van der Waals surface area contributed by atoms with Gasteiger partial charge in [-0.05, 0) is 43.5 Å². The number of nitrogens with one attached hydrogen (secondary N) is 1. The van der Waals surface area contributed by atoms with Crippen LogP contribution in [0.4, 0.5) is 0 Å². The van der Waals surface area contributed by atoms with Gasteiger partial charge >= 0.3 is 0 Å². The number of H-pyrrole nitrogens is 1. The van der Waals surface area contributed by atoms with Crippen LogP contribution in [-0.4, -0.2) is 26.5 Å². The summed E-state index contributed by atoms with van der Waals surface area (Å²) in [6.07, 6.45) is 6.31. The summed E-state index contributed by atoms with van der Waals surface area (Å²) >= 11 is 0. The maximum Gasteiger partial charge on any atom is 0.248 e. The number of aryl methyl sites for hydroxylation is 2. The number of nitrogens with zero attached hydrogens (tertiary/aromatic N) is 3. The van der Waals surface area contributed by atoms with Gasteiger partial charge in [0.1, 0.15) is 5.82 Å². The second-order valence-corrected chi connectivity index (χ2v) is 6.70. The molecule has 3 heterocycles. The van der Waals surface area contributed by atoms with Crippen LogP contribution >= 0.6 is 0 Å². The molecule has 6 nitrogen and oxygen atoms in total. The van der Waals surface area contributed by atoms with Gasteiger partial charge in [-0.25, -0.2) is 4.98 Å². The van der Waals surface area contributed by atoms with Gasteiger partial charge in [-0.15, -0.1) is 0 Å². The molecule has 0 aromatic carbocycles. The average molecular weight is 348 g/mol. The second kappa shape index (κ2) is 6.71. The molecule has 0 bridgehead atoms. The Hall–Kier alpha value is -3.02. The van der Waals surface area contributed by atoms with Crippen molar-refractivity contribution < 1.29 is 4.74 Å². The fourth-order valence-corrected chi connectivity index (χ4v) is 3.15. The van der Waals surface area contributed by atoms with Crippen molar-refractivity contribution in [2.45, 2.75) is 26.2 Å². The maximum absolute atomic E-state index is 11.7. The lowest BCUT2D eigenvalue weighted by molar-refractivity contribution is 0.285. The van der Waals surface area contributed by atoms with Gasteiger partial charge in [0.05, 0.1) is 12.2 Å². The second-order valence-electron chi connectivity index (χ2n) is 6.70. The van der Waals surface area contributed by atoms with E-state index in [2.05, 4.69) is 26.0 Å². The highest BCUT2D eigenvalue weighted by molar-refractivity contribution is 5.70. The van der Waals surface area contributed by atoms with E-state index in [0.717, 1.165) is 28.8 Å². The number of rotatable bonds is 5. The van der Waals surface area contributed by atoms with Gasteiger partial charge in [0.2, 0.25) is 11.4 Å². The highest BCUT2D eigenvalue weighted by Gasteiger charge is 2.40. The van der Waals surface area contributed by atoms with E-state index in [-0.39, 0.29) is 5.56 Å². The van der Waals surface area contributed by atoms with Crippen LogP contribution in [0.15, 0.2) is 47.7 Å². The fraction of sp³-hybridized carbons (Fsp3) is 0.300. The number of hydrogen-bond acceptors (Lipinski definition) is 5. The predicted molar refractivity (Wildman–Crippen MR) is 98.1 cm³/mol. The van der Waals surface area contributed by atoms with Gasteiger partial charge in [0.15, 0.2) is 0 Å². The molecule has 3 aromatic rings. The van der Waals surface area contributed by atoms with Gasteiger partial charge in [0.25, 0.3) is 0 Å². The average Bonchev–Trinajstić information content (AvgIpc) is 3.43. The molecule has 132 valence electrons. The SMILES string of the molecule is Cc1ncc(-c2cc(=O)[nH]cc2C)c(OC[C@H]2C[C@@H]2c2ccccn2)n1. The number of aromatic nitrogens is 4. The number of pyridine rings is 2. The van der Waals surface area contributed by atoms with Crippen molar-refractivity contribution in [2.75, 3.05) is 6.61 Å². The highest BCUT2D eigenvalue weighted by Crippen LogP contribution is 2.46. The summed E-state index contributed by atoms with van der Waals surface area (Å²) < 4.78 is 6.05. The molecule has 1 saturated carbocycles. The lowest BCUT2D eigenvalue weighted by Gasteiger charge is -2.12. The van der Waals surface area contributed by atoms with Gasteiger partial charge in [-0.1, -0.05) is 6.07 Å². The first-order valence-corrected chi connectivity index (χ1v) is 8.69. The maximum atomic E-state index is 11.7. The quantitative estimate of drug-likeness (QED) is 0.766. The van der Waals surface area contributed by atoms with Crippen LogP contribution in [0.3, 0.4) is 0 Å². The molecule has 3 aromatic heterocycles. The fourth-order valence-electron chi connectivity index (χ4n) is 3.15. The molecule has 1 N–H and O–H groups in total. The zero-order chi connectivity index (χ0) is 18.1. The third-order valence-corrected chi connectivity index (χ3v) is 4.72. The molecule has 1 aliphatic carbocycles. The summed E-state index contributed by atoms with van der Waals surface area (Å²) in [6.45, 7) is 4.34. The molecule has 0 spiro atoms. The van der Waals surface area contributed by atoms with Crippen molar-refractivity contribution in [2.24, 2.45) is 5.92 Å². The summed E-state index contributed by atoms with van der Waals surface area (Å²) in [5.74, 6) is 2.05. The first-order chi connectivity index (χ1) is 12.6. The van der Waals surface area contributed by atoms with E-state index in [1.165, 1.54) is 0 Å². The number of ether oxygens (including phenoxy) is 1. The van der Waals surface area contributed by atoms with Gasteiger partial charge in [-0.3, -0.25) is 9.78 Å². The Bertz CT molecular complexity index is 985. The first kappa shape index (κ1) is 16.4. The molecule has 6 heteroatoms. The Morgan fingerprint density at radius 3 is 2.92 bits per heavy atom. The first-order valence-electron chi connectivity index (χ1n) is 8.69. The zero-order valence-electron chi connectivity index (χ0n) is 14.8. The van der Waals surface area contributed by atoms with Crippen molar-refractivity contribution in [1.29, 1.82) is 0 Å². The van der Waals surface area contributed by atoms with Crippen molar-refractivity contribution in [3.63, 3.8) is 0 Å². The molecule has 1 aliphatic rings. The lowest BCUT2D eigenvalue weighted by Crippen LogP contribution is -2.08. The van der Waals surface area contributed by atoms with Gasteiger partial charge < -0.3 is 9.72 Å². The summed E-state index contributed by atoms with van der Waals surface area (Å²) in [7, 11) is 0. The highest BCUT2D eigenvalue weighted by atomic mass is 16.5. The zero-order valence-corrected chi connectivity index (χ0v) is 14.8. The molecule has 1 fully saturated rings. The third kappa shape index (κ3) is 3.35. The molecule has 26 heavy (non-hydrogen) atoms. The summed E-state index contributed by atoms with van der Waals surface area (Å²) in [5, 5.41) is 0. The monoisotopic (exact) mass is 348 g/mol. The van der Waals surface area contributed by atoms with Crippen LogP contribution in [-0.2, 0) is 0 Å². The van der Waals surface area contributed by atoms with Crippen LogP contribution in [0.2, 0.25) is 0 Å². The molecule has 0 aliphatic heterocycles. The largest absolute Gasteiger partial charge is 0.477 e. The van der Waals surface area contributed by atoms with E-state index in [9.17, 15) is 4.79 Å². The van der Waals surface area contributed by atoms with Gasteiger partial charge in [-0.2, -0.15) is 4.98 Å². The summed E-state index contributed by atoms with van der Waals surface area (Å²) in [5.41, 5.74) is 3.44. The van der Waals surface area contributed by atoms with Crippen LogP contribution in [0.5, 0.6) is 5.88 Å². The van der Waals surface area contributed by atoms with Crippen LogP contribution in [0, 0.1) is 19.8 Å². The van der Waals surface area contributed by atoms with E-state index in [1.54, 1.807) is 18.5 Å². The van der Waals surface area contributed by atoms with Crippen molar-refractivity contribution in [3.8, 4) is 17.0 Å². The Kier molecular flexibility index (Phi) is 4.24. The van der Waals surface area contributed by atoms with E-state index in [4.69, 9.17) is 4.74 Å². The molecule has 4 rings (SSSR count). The van der Waals surface area contributed by atoms with Crippen LogP contribution in [0.1, 0.15) is 29.4 Å². The molecule has 0 unspecified atom stereocenters. The molecular formula is C20H20N4O2. The summed E-state index contributed by atoms with van der Waals surface area (Å²) in [4.78, 5) is 27.6. The predicted octanol–water partition coefficient (Wildman–Crippen LogP) is 3.03. The Labute approximate surface area is 151 Å². The van der Waals surface area contributed by atoms with Gasteiger partial charge in [0, 0.05) is 42.2 Å². The molecule has 0 amide bonds. The van der Waals surface area contributed by atoms with Crippen molar-refractivity contribution in [3.05, 3.63) is 70.3 Å². The minimum absolute atomic E-state index is 0.158. The third-order valence-electron chi connectivity index (χ3n) is 4.72. The number of hydrogen-bond donors (Lipinski definition) is 1. The van der Waals surface area contributed by atoms with E-state index in [1.807, 2.05) is 32.2 Å². The Balaban J connectivity index is 1.55. The molecule has 0 saturated heterocycles. The smallest absolute Gasteiger partial charge is 0.248 e. The van der Waals surface area contributed by atoms with Crippen molar-refractivity contribution in [1.82, 2.24) is 19.9 Å². The van der Waals surface area contributed by atoms with Crippen LogP contribution in [0.25, 0.3) is 11.1 Å². The number of aromatic amines is 1. The minimum Gasteiger partial charge on any atom is -0.477 e. The normalized spacial score (nSPS) is 18.5. The molecule has 2 atom stereocenters. The van der Waals surface area contributed by atoms with E-state index >= 15 is 0 Å². The minimum atomic E-state index is -0.158. The molecular weight excluding hydrogens is 328 g/mol. The Morgan fingerprint density at radius 1 is 1.23 bits per heavy atom. The van der Waals surface area contributed by atoms with Crippen molar-refractivity contribution >= 4 is 0 Å². The standard InChI is InChI=1S/C20H20N4O2/c1-12-9-23-19(25)8-15(12)17-10-22-13(2)24-20(17)26-11-14-7-16(14)18-5-3-4-6-21-18/h3-6,8-10,14,16H,7,11H2,1-2H3,(H,23,25)/t14-,16+/m1/s1. The molecule has 0 radical (unpaired) electrons. The van der Waals surface area contributed by atoms with E-state index < -0.39 is 0 Å². The lowest BCUT2D eigenvalue weighted by atomic mass is 10.1.